The lowest BCUT2D eigenvalue weighted by atomic mass is 10.2. The van der Waals surface area contributed by atoms with E-state index in [2.05, 4.69) is 10.3 Å². The molecule has 2 aromatic rings. The standard InChI is InChI=1S/C13H14N2O3S2/c1-8(16)14-13-15-9(7-19-13)2-3-10-4-5-11(20-10)6-12(17)18/h4-5,7H,2-3,6H2,1H3,(H,17,18)(H,14,15,16). The minimum absolute atomic E-state index is 0.0774. The molecule has 7 heteroatoms. The van der Waals surface area contributed by atoms with Crippen molar-refractivity contribution in [2.75, 3.05) is 5.32 Å². The lowest BCUT2D eigenvalue weighted by Crippen LogP contribution is -2.05. The van der Waals surface area contributed by atoms with Crippen molar-refractivity contribution in [1.82, 2.24) is 4.98 Å². The Morgan fingerprint density at radius 1 is 1.30 bits per heavy atom. The molecule has 0 atom stereocenters. The third kappa shape index (κ3) is 4.43. The second kappa shape index (κ2) is 6.62. The lowest BCUT2D eigenvalue weighted by Gasteiger charge is -1.95. The van der Waals surface area contributed by atoms with Gasteiger partial charge < -0.3 is 10.4 Å². The summed E-state index contributed by atoms with van der Waals surface area (Å²) in [5, 5.41) is 13.9. The Bertz CT molecular complexity index is 564. The van der Waals surface area contributed by atoms with Gasteiger partial charge in [-0.3, -0.25) is 9.59 Å². The first-order chi connectivity index (χ1) is 9.52. The van der Waals surface area contributed by atoms with Crippen LogP contribution in [0.2, 0.25) is 0 Å². The van der Waals surface area contributed by atoms with Gasteiger partial charge in [0.25, 0.3) is 0 Å². The van der Waals surface area contributed by atoms with Crippen LogP contribution < -0.4 is 5.32 Å². The van der Waals surface area contributed by atoms with Crippen LogP contribution in [-0.2, 0) is 28.9 Å². The minimum atomic E-state index is -0.808. The Morgan fingerprint density at radius 3 is 2.75 bits per heavy atom. The molecule has 2 heterocycles. The van der Waals surface area contributed by atoms with Crippen LogP contribution in [0, 0.1) is 0 Å². The van der Waals surface area contributed by atoms with Crippen molar-refractivity contribution in [3.05, 3.63) is 33.0 Å². The van der Waals surface area contributed by atoms with Crippen molar-refractivity contribution in [1.29, 1.82) is 0 Å². The maximum absolute atomic E-state index is 10.9. The number of thiophene rings is 1. The fraction of sp³-hybridized carbons (Fsp3) is 0.308. The zero-order valence-electron chi connectivity index (χ0n) is 10.9. The smallest absolute Gasteiger partial charge is 0.308 e. The first-order valence-corrected chi connectivity index (χ1v) is 7.74. The van der Waals surface area contributed by atoms with E-state index in [0.29, 0.717) is 5.13 Å². The fourth-order valence-corrected chi connectivity index (χ4v) is 3.48. The summed E-state index contributed by atoms with van der Waals surface area (Å²) in [6.45, 7) is 1.46. The maximum atomic E-state index is 10.9. The van der Waals surface area contributed by atoms with Crippen molar-refractivity contribution in [2.45, 2.75) is 26.2 Å². The van der Waals surface area contributed by atoms with Crippen molar-refractivity contribution >= 4 is 39.7 Å². The van der Waals surface area contributed by atoms with Crippen LogP contribution in [0.3, 0.4) is 0 Å². The highest BCUT2D eigenvalue weighted by Crippen LogP contribution is 2.21. The predicted molar refractivity (Wildman–Crippen MR) is 79.5 cm³/mol. The average Bonchev–Trinajstić information content (AvgIpc) is 2.94. The number of carbonyl (C=O) groups excluding carboxylic acids is 1. The van der Waals surface area contributed by atoms with Gasteiger partial charge in [-0.15, -0.1) is 22.7 Å². The molecule has 106 valence electrons. The number of amides is 1. The molecular formula is C13H14N2O3S2. The normalized spacial score (nSPS) is 10.4. The van der Waals surface area contributed by atoms with E-state index in [-0.39, 0.29) is 12.3 Å². The van der Waals surface area contributed by atoms with Gasteiger partial charge in [-0.05, 0) is 25.0 Å². The third-order valence-corrected chi connectivity index (χ3v) is 4.46. The molecule has 0 spiro atoms. The molecule has 2 aromatic heterocycles. The van der Waals surface area contributed by atoms with Gasteiger partial charge in [-0.25, -0.2) is 4.98 Å². The number of nitrogens with zero attached hydrogens (tertiary/aromatic N) is 1. The molecule has 0 aromatic carbocycles. The number of carbonyl (C=O) groups is 2. The summed E-state index contributed by atoms with van der Waals surface area (Å²) in [6, 6.07) is 3.82. The Morgan fingerprint density at radius 2 is 2.05 bits per heavy atom. The molecule has 20 heavy (non-hydrogen) atoms. The predicted octanol–water partition coefficient (Wildman–Crippen LogP) is 2.58. The monoisotopic (exact) mass is 310 g/mol. The molecule has 0 radical (unpaired) electrons. The number of aliphatic carboxylic acids is 1. The van der Waals surface area contributed by atoms with Gasteiger partial charge in [-0.1, -0.05) is 0 Å². The Kier molecular flexibility index (Phi) is 4.86. The number of anilines is 1. The third-order valence-electron chi connectivity index (χ3n) is 2.51. The zero-order chi connectivity index (χ0) is 14.5. The molecule has 0 aliphatic rings. The summed E-state index contributed by atoms with van der Waals surface area (Å²) in [7, 11) is 0. The molecule has 0 unspecified atom stereocenters. The number of hydrogen-bond donors (Lipinski definition) is 2. The summed E-state index contributed by atoms with van der Waals surface area (Å²) in [5.74, 6) is -0.930. The number of carboxylic acid groups (broad SMARTS) is 1. The summed E-state index contributed by atoms with van der Waals surface area (Å²) >= 11 is 2.93. The van der Waals surface area contributed by atoms with E-state index in [0.717, 1.165) is 28.3 Å². The van der Waals surface area contributed by atoms with E-state index in [1.54, 1.807) is 0 Å². The molecule has 1 amide bonds. The van der Waals surface area contributed by atoms with Crippen molar-refractivity contribution < 1.29 is 14.7 Å². The van der Waals surface area contributed by atoms with Crippen LogP contribution in [-0.4, -0.2) is 22.0 Å². The lowest BCUT2D eigenvalue weighted by molar-refractivity contribution is -0.136. The number of aryl methyl sites for hydroxylation is 2. The molecule has 0 saturated heterocycles. The fourth-order valence-electron chi connectivity index (χ4n) is 1.68. The zero-order valence-corrected chi connectivity index (χ0v) is 12.5. The Labute approximate surface area is 124 Å². The van der Waals surface area contributed by atoms with Gasteiger partial charge in [-0.2, -0.15) is 0 Å². The Hall–Kier alpha value is -1.73. The van der Waals surface area contributed by atoms with E-state index in [9.17, 15) is 9.59 Å². The number of thiazole rings is 1. The van der Waals surface area contributed by atoms with Gasteiger partial charge >= 0.3 is 5.97 Å². The number of aromatic nitrogens is 1. The molecule has 2 rings (SSSR count). The SMILES string of the molecule is CC(=O)Nc1nc(CCc2ccc(CC(=O)O)s2)cs1. The van der Waals surface area contributed by atoms with Crippen LogP contribution in [0.15, 0.2) is 17.5 Å². The summed E-state index contributed by atoms with van der Waals surface area (Å²) < 4.78 is 0. The van der Waals surface area contributed by atoms with Crippen LogP contribution >= 0.6 is 22.7 Å². The molecule has 0 aliphatic heterocycles. The van der Waals surface area contributed by atoms with Gasteiger partial charge in [0.05, 0.1) is 12.1 Å². The van der Waals surface area contributed by atoms with E-state index in [1.807, 2.05) is 17.5 Å². The van der Waals surface area contributed by atoms with Gasteiger partial charge in [0.2, 0.25) is 5.91 Å². The van der Waals surface area contributed by atoms with Crippen molar-refractivity contribution in [3.8, 4) is 0 Å². The Balaban J connectivity index is 1.88. The van der Waals surface area contributed by atoms with Gasteiger partial charge in [0, 0.05) is 22.1 Å². The summed E-state index contributed by atoms with van der Waals surface area (Å²) in [4.78, 5) is 27.8. The summed E-state index contributed by atoms with van der Waals surface area (Å²) in [6.07, 6.45) is 1.69. The van der Waals surface area contributed by atoms with E-state index >= 15 is 0 Å². The quantitative estimate of drug-likeness (QED) is 0.859. The first kappa shape index (κ1) is 14.7. The summed E-state index contributed by atoms with van der Waals surface area (Å²) in [5.41, 5.74) is 0.937. The molecule has 0 aliphatic carbocycles. The van der Waals surface area contributed by atoms with Crippen LogP contribution in [0.5, 0.6) is 0 Å². The number of hydrogen-bond acceptors (Lipinski definition) is 5. The number of rotatable bonds is 6. The number of nitrogens with one attached hydrogen (secondary N) is 1. The molecule has 2 N–H and O–H groups in total. The largest absolute Gasteiger partial charge is 0.481 e. The van der Waals surface area contributed by atoms with Crippen LogP contribution in [0.1, 0.15) is 22.4 Å². The topological polar surface area (TPSA) is 79.3 Å². The first-order valence-electron chi connectivity index (χ1n) is 6.04. The van der Waals surface area contributed by atoms with Crippen molar-refractivity contribution in [3.63, 3.8) is 0 Å². The van der Waals surface area contributed by atoms with Gasteiger partial charge in [0.1, 0.15) is 0 Å². The van der Waals surface area contributed by atoms with E-state index in [1.165, 1.54) is 29.6 Å². The van der Waals surface area contributed by atoms with Crippen molar-refractivity contribution in [2.24, 2.45) is 0 Å². The average molecular weight is 310 g/mol. The molecule has 0 fully saturated rings. The van der Waals surface area contributed by atoms with Gasteiger partial charge in [0.15, 0.2) is 5.13 Å². The molecule has 0 bridgehead atoms. The number of carboxylic acids is 1. The molecule has 0 saturated carbocycles. The highest BCUT2D eigenvalue weighted by molar-refractivity contribution is 7.14. The highest BCUT2D eigenvalue weighted by atomic mass is 32.1. The minimum Gasteiger partial charge on any atom is -0.481 e. The van der Waals surface area contributed by atoms with Crippen LogP contribution in [0.4, 0.5) is 5.13 Å². The van der Waals surface area contributed by atoms with Crippen LogP contribution in [0.25, 0.3) is 0 Å². The molecule has 5 nitrogen and oxygen atoms in total. The maximum Gasteiger partial charge on any atom is 0.308 e. The second-order valence-corrected chi connectivity index (χ2v) is 6.37. The second-order valence-electron chi connectivity index (χ2n) is 4.26. The molecular weight excluding hydrogens is 296 g/mol. The van der Waals surface area contributed by atoms with E-state index in [4.69, 9.17) is 5.11 Å². The van der Waals surface area contributed by atoms with E-state index < -0.39 is 5.97 Å². The highest BCUT2D eigenvalue weighted by Gasteiger charge is 2.07.